The minimum Gasteiger partial charge on any atom is -0.497 e. The Morgan fingerprint density at radius 2 is 1.38 bits per heavy atom. The van der Waals surface area contributed by atoms with E-state index in [-0.39, 0.29) is 5.78 Å². The van der Waals surface area contributed by atoms with Gasteiger partial charge in [0, 0.05) is 15.4 Å². The lowest BCUT2D eigenvalue weighted by molar-refractivity contribution is 0.102. The minimum absolute atomic E-state index is 0.0977. The molecule has 0 amide bonds. The fraction of sp³-hybridized carbons (Fsp3) is 0.174. The van der Waals surface area contributed by atoms with Crippen molar-refractivity contribution in [1.82, 2.24) is 0 Å². The van der Waals surface area contributed by atoms with Crippen molar-refractivity contribution in [3.05, 3.63) is 78.4 Å². The van der Waals surface area contributed by atoms with Crippen LogP contribution in [0.4, 0.5) is 0 Å². The van der Waals surface area contributed by atoms with Gasteiger partial charge in [-0.1, -0.05) is 12.1 Å². The van der Waals surface area contributed by atoms with Crippen molar-refractivity contribution in [1.29, 1.82) is 0 Å². The molecule has 6 heteroatoms. The van der Waals surface area contributed by atoms with Crippen molar-refractivity contribution in [3.63, 3.8) is 0 Å². The average Bonchev–Trinajstić information content (AvgIpc) is 2.78. The number of thioether (sulfide) groups is 1. The largest absolute Gasteiger partial charge is 0.497 e. The van der Waals surface area contributed by atoms with Gasteiger partial charge in [0.05, 0.1) is 27.1 Å². The SMILES string of the molecule is COc1ccc(C(=O)CSc2cccc(OC)c2)cc1.COc1cccc(S)c1. The number of hydrogen-bond donors (Lipinski definition) is 1. The molecule has 0 saturated carbocycles. The van der Waals surface area contributed by atoms with Crippen LogP contribution in [0.2, 0.25) is 0 Å². The number of carbonyl (C=O) groups is 1. The lowest BCUT2D eigenvalue weighted by Crippen LogP contribution is -2.02. The first kappa shape index (κ1) is 22.7. The molecule has 0 aromatic heterocycles. The standard InChI is InChI=1S/C16H16O3S.C7H8OS/c1-18-13-8-6-12(7-9-13)16(17)11-20-15-5-3-4-14(10-15)19-2;1-8-6-3-2-4-7(9)5-6/h3-10H,11H2,1-2H3;2-5,9H,1H3. The number of ketones is 1. The van der Waals surface area contributed by atoms with Gasteiger partial charge in [-0.3, -0.25) is 4.79 Å². The molecule has 0 spiro atoms. The topological polar surface area (TPSA) is 44.8 Å². The molecule has 3 aromatic rings. The molecule has 0 aliphatic carbocycles. The maximum atomic E-state index is 12.1. The van der Waals surface area contributed by atoms with Gasteiger partial charge in [0.2, 0.25) is 0 Å². The third kappa shape index (κ3) is 7.75. The number of rotatable bonds is 7. The van der Waals surface area contributed by atoms with Gasteiger partial charge in [0.25, 0.3) is 0 Å². The molecule has 3 rings (SSSR count). The maximum absolute atomic E-state index is 12.1. The van der Waals surface area contributed by atoms with Gasteiger partial charge in [-0.25, -0.2) is 0 Å². The quantitative estimate of drug-likeness (QED) is 0.299. The van der Waals surface area contributed by atoms with Crippen molar-refractivity contribution in [2.75, 3.05) is 27.1 Å². The summed E-state index contributed by atoms with van der Waals surface area (Å²) in [5.74, 6) is 2.90. The highest BCUT2D eigenvalue weighted by atomic mass is 32.2. The molecular formula is C23H24O4S2. The Labute approximate surface area is 181 Å². The number of thiol groups is 1. The molecule has 0 atom stereocenters. The summed E-state index contributed by atoms with van der Waals surface area (Å²) >= 11 is 5.63. The van der Waals surface area contributed by atoms with E-state index in [2.05, 4.69) is 12.6 Å². The lowest BCUT2D eigenvalue weighted by atomic mass is 10.1. The van der Waals surface area contributed by atoms with E-state index in [0.29, 0.717) is 11.3 Å². The Balaban J connectivity index is 0.000000278. The first-order valence-corrected chi connectivity index (χ1v) is 10.3. The van der Waals surface area contributed by atoms with E-state index >= 15 is 0 Å². The van der Waals surface area contributed by atoms with Crippen molar-refractivity contribution < 1.29 is 19.0 Å². The summed E-state index contributed by atoms with van der Waals surface area (Å²) in [4.78, 5) is 14.0. The molecule has 0 N–H and O–H groups in total. The molecule has 152 valence electrons. The summed E-state index contributed by atoms with van der Waals surface area (Å²) in [5, 5.41) is 0. The van der Waals surface area contributed by atoms with Gasteiger partial charge in [-0.2, -0.15) is 0 Å². The van der Waals surface area contributed by atoms with Gasteiger partial charge >= 0.3 is 0 Å². The highest BCUT2D eigenvalue weighted by Crippen LogP contribution is 2.24. The Kier molecular flexibility index (Phi) is 9.47. The second kappa shape index (κ2) is 12.1. The number of benzene rings is 3. The van der Waals surface area contributed by atoms with Crippen LogP contribution in [0.25, 0.3) is 0 Å². The van der Waals surface area contributed by atoms with Crippen LogP contribution in [0.5, 0.6) is 17.2 Å². The van der Waals surface area contributed by atoms with Gasteiger partial charge in [0.15, 0.2) is 5.78 Å². The Morgan fingerprint density at radius 1 is 0.793 bits per heavy atom. The molecule has 0 bridgehead atoms. The first-order valence-electron chi connectivity index (χ1n) is 8.83. The predicted octanol–water partition coefficient (Wildman–Crippen LogP) is 5.66. The minimum atomic E-state index is 0.0977. The number of ether oxygens (including phenoxy) is 3. The molecule has 4 nitrogen and oxygen atoms in total. The molecule has 0 fully saturated rings. The predicted molar refractivity (Wildman–Crippen MR) is 121 cm³/mol. The van der Waals surface area contributed by atoms with Gasteiger partial charge in [-0.15, -0.1) is 24.4 Å². The third-order valence-corrected chi connectivity index (χ3v) is 5.15. The van der Waals surface area contributed by atoms with Crippen LogP contribution < -0.4 is 14.2 Å². The highest BCUT2D eigenvalue weighted by Gasteiger charge is 2.07. The van der Waals surface area contributed by atoms with Gasteiger partial charge < -0.3 is 14.2 Å². The summed E-state index contributed by atoms with van der Waals surface area (Å²) < 4.78 is 15.2. The van der Waals surface area contributed by atoms with Crippen LogP contribution in [0.1, 0.15) is 10.4 Å². The fourth-order valence-corrected chi connectivity index (χ4v) is 3.36. The van der Waals surface area contributed by atoms with Crippen LogP contribution in [-0.4, -0.2) is 32.9 Å². The number of methoxy groups -OCH3 is 3. The molecule has 0 heterocycles. The van der Waals surface area contributed by atoms with E-state index in [1.54, 1.807) is 45.6 Å². The molecule has 29 heavy (non-hydrogen) atoms. The second-order valence-corrected chi connectivity index (χ2v) is 7.39. The monoisotopic (exact) mass is 428 g/mol. The zero-order valence-electron chi connectivity index (χ0n) is 16.6. The number of carbonyl (C=O) groups excluding carboxylic acids is 1. The fourth-order valence-electron chi connectivity index (χ4n) is 2.31. The summed E-state index contributed by atoms with van der Waals surface area (Å²) in [6.07, 6.45) is 0. The van der Waals surface area contributed by atoms with Crippen molar-refractivity contribution >= 4 is 30.2 Å². The second-order valence-electron chi connectivity index (χ2n) is 5.82. The van der Waals surface area contributed by atoms with E-state index in [4.69, 9.17) is 14.2 Å². The van der Waals surface area contributed by atoms with E-state index in [1.807, 2.05) is 48.5 Å². The highest BCUT2D eigenvalue weighted by molar-refractivity contribution is 8.00. The van der Waals surface area contributed by atoms with Crippen LogP contribution in [0, 0.1) is 0 Å². The van der Waals surface area contributed by atoms with E-state index in [1.165, 1.54) is 11.8 Å². The smallest absolute Gasteiger partial charge is 0.173 e. The van der Waals surface area contributed by atoms with Gasteiger partial charge in [-0.05, 0) is 60.7 Å². The summed E-state index contributed by atoms with van der Waals surface area (Å²) in [5.41, 5.74) is 0.696. The first-order chi connectivity index (χ1) is 14.0. The molecule has 0 aliphatic rings. The van der Waals surface area contributed by atoms with Crippen LogP contribution in [0.3, 0.4) is 0 Å². The summed E-state index contributed by atoms with van der Waals surface area (Å²) in [6, 6.07) is 22.4. The van der Waals surface area contributed by atoms with E-state index in [9.17, 15) is 4.79 Å². The number of Topliss-reactive ketones (excluding diaryl/α,β-unsaturated/α-hetero) is 1. The summed E-state index contributed by atoms with van der Waals surface area (Å²) in [6.45, 7) is 0. The van der Waals surface area contributed by atoms with Gasteiger partial charge in [0.1, 0.15) is 17.2 Å². The van der Waals surface area contributed by atoms with Crippen molar-refractivity contribution in [3.8, 4) is 17.2 Å². The normalized spacial score (nSPS) is 9.79. The van der Waals surface area contributed by atoms with Crippen LogP contribution in [0.15, 0.2) is 82.6 Å². The molecule has 3 aromatic carbocycles. The zero-order valence-corrected chi connectivity index (χ0v) is 18.3. The average molecular weight is 429 g/mol. The Morgan fingerprint density at radius 3 is 1.93 bits per heavy atom. The Hall–Kier alpha value is -2.57. The summed E-state index contributed by atoms with van der Waals surface area (Å²) in [7, 11) is 4.88. The molecule has 0 aliphatic heterocycles. The molecule has 0 saturated heterocycles. The molecular weight excluding hydrogens is 404 g/mol. The third-order valence-electron chi connectivity index (χ3n) is 3.88. The van der Waals surface area contributed by atoms with Crippen molar-refractivity contribution in [2.24, 2.45) is 0 Å². The Bertz CT molecular complexity index is 911. The van der Waals surface area contributed by atoms with E-state index < -0.39 is 0 Å². The van der Waals surface area contributed by atoms with E-state index in [0.717, 1.165) is 27.0 Å². The zero-order chi connectivity index (χ0) is 21.1. The number of hydrogen-bond acceptors (Lipinski definition) is 6. The van der Waals surface area contributed by atoms with Crippen LogP contribution in [-0.2, 0) is 0 Å². The maximum Gasteiger partial charge on any atom is 0.173 e. The molecule has 0 unspecified atom stereocenters. The lowest BCUT2D eigenvalue weighted by Gasteiger charge is -2.05. The molecule has 0 radical (unpaired) electrons. The van der Waals surface area contributed by atoms with Crippen LogP contribution >= 0.6 is 24.4 Å². The van der Waals surface area contributed by atoms with Crippen molar-refractivity contribution in [2.45, 2.75) is 9.79 Å².